The number of hydrogen-bond donors (Lipinski definition) is 4. The van der Waals surface area contributed by atoms with Gasteiger partial charge in [0.05, 0.1) is 17.1 Å². The van der Waals surface area contributed by atoms with Gasteiger partial charge in [-0.2, -0.15) is 5.10 Å². The third-order valence-corrected chi connectivity index (χ3v) is 12.3. The zero-order valence-electron chi connectivity index (χ0n) is 28.7. The summed E-state index contributed by atoms with van der Waals surface area (Å²) in [6, 6.07) is 8.72. The van der Waals surface area contributed by atoms with E-state index in [4.69, 9.17) is 22.1 Å². The number of anilines is 1. The molecule has 0 aliphatic rings. The lowest BCUT2D eigenvalue weighted by molar-refractivity contribution is -0.139. The second-order valence-electron chi connectivity index (χ2n) is 14.1. The molecule has 2 aromatic carbocycles. The summed E-state index contributed by atoms with van der Waals surface area (Å²) in [5.41, 5.74) is 5.71. The van der Waals surface area contributed by atoms with Crippen LogP contribution in [-0.4, -0.2) is 69.8 Å². The van der Waals surface area contributed by atoms with Crippen LogP contribution in [-0.2, 0) is 27.4 Å². The van der Waals surface area contributed by atoms with Crippen LogP contribution in [0.2, 0.25) is 23.2 Å². The Morgan fingerprint density at radius 1 is 1.15 bits per heavy atom. The predicted molar refractivity (Wildman–Crippen MR) is 186 cm³/mol. The molecule has 0 saturated carbocycles. The molecule has 1 atom stereocenters. The highest BCUT2D eigenvalue weighted by Crippen LogP contribution is 2.40. The van der Waals surface area contributed by atoms with Crippen molar-refractivity contribution >= 4 is 60.3 Å². The van der Waals surface area contributed by atoms with E-state index in [0.29, 0.717) is 29.4 Å². The van der Waals surface area contributed by atoms with E-state index < -0.39 is 49.6 Å². The maximum absolute atomic E-state index is 14.4. The Morgan fingerprint density at radius 3 is 2.42 bits per heavy atom. The number of ether oxygens (including phenoxy) is 1. The molecule has 15 heteroatoms. The number of nitrogens with one attached hydrogen (secondary N) is 2. The molecule has 0 fully saturated rings. The Labute approximate surface area is 286 Å². The fraction of sp³-hybridized carbons (Fsp3) is 0.485. The molecule has 262 valence electrons. The van der Waals surface area contributed by atoms with Crippen molar-refractivity contribution in [3.63, 3.8) is 0 Å². The van der Waals surface area contributed by atoms with Crippen molar-refractivity contribution < 1.29 is 33.1 Å². The van der Waals surface area contributed by atoms with Crippen LogP contribution in [0.15, 0.2) is 36.4 Å². The van der Waals surface area contributed by atoms with Gasteiger partial charge in [0.25, 0.3) is 5.91 Å². The number of carbonyl (C=O) groups is 4. The normalized spacial score (nSPS) is 12.8. The molecule has 3 rings (SSSR count). The third kappa shape index (κ3) is 10.00. The SMILES string of the molecule is C[C@H](CCC(C)(C)[Si](C)(C)O)N(CC(=O)NCc1cccc(Cl)c1F)C(=O)Cn1nc(C(N)=O)c2cc(NC(=O)OC(C)(C)C)ccc21. The summed E-state index contributed by atoms with van der Waals surface area (Å²) in [7, 11) is -2.55. The van der Waals surface area contributed by atoms with E-state index in [1.165, 1.54) is 27.8 Å². The number of carbonyl (C=O) groups excluding carboxylic acids is 4. The molecule has 5 N–H and O–H groups in total. The number of halogens is 2. The first kappa shape index (κ1) is 38.4. The summed E-state index contributed by atoms with van der Waals surface area (Å²) in [6.07, 6.45) is 0.381. The minimum Gasteiger partial charge on any atom is -0.444 e. The topological polar surface area (TPSA) is 169 Å². The summed E-state index contributed by atoms with van der Waals surface area (Å²) in [5.74, 6) is -2.47. The Bertz CT molecular complexity index is 1680. The maximum atomic E-state index is 14.4. The van der Waals surface area contributed by atoms with Crippen LogP contribution >= 0.6 is 11.6 Å². The summed E-state index contributed by atoms with van der Waals surface area (Å²) >= 11 is 5.88. The number of amides is 4. The minimum absolute atomic E-state index is 0.0698. The highest BCUT2D eigenvalue weighted by atomic mass is 35.5. The first-order chi connectivity index (χ1) is 22.1. The van der Waals surface area contributed by atoms with Crippen molar-refractivity contribution in [2.45, 2.75) is 97.2 Å². The Hall–Kier alpha value is -4.01. The standard InChI is InChI=1S/C33H46ClFN6O6Si/c1-20(14-15-33(5,6)48(7,8)46)40(18-26(42)37-17-21-10-9-11-24(34)28(21)35)27(43)19-41-25-13-12-22(38-31(45)47-32(2,3)4)16-23(25)29(39-41)30(36)44/h9-13,16,20,46H,14-15,17-19H2,1-8H3,(H2,36,44)(H,37,42)(H,38,45)/t20-/m1/s1. The van der Waals surface area contributed by atoms with Gasteiger partial charge < -0.3 is 25.5 Å². The average Bonchev–Trinajstić information content (AvgIpc) is 3.31. The molecule has 3 aromatic rings. The number of rotatable bonds is 13. The van der Waals surface area contributed by atoms with Crippen LogP contribution in [0, 0.1) is 5.82 Å². The van der Waals surface area contributed by atoms with E-state index in [2.05, 4.69) is 15.7 Å². The predicted octanol–water partition coefficient (Wildman–Crippen LogP) is 5.57. The van der Waals surface area contributed by atoms with Gasteiger partial charge in [0.15, 0.2) is 14.0 Å². The molecule has 0 aliphatic carbocycles. The lowest BCUT2D eigenvalue weighted by atomic mass is 10.0. The molecule has 4 amide bonds. The second-order valence-corrected chi connectivity index (χ2v) is 19.0. The first-order valence-corrected chi connectivity index (χ1v) is 18.9. The number of aromatic nitrogens is 2. The van der Waals surface area contributed by atoms with Crippen LogP contribution in [0.5, 0.6) is 0 Å². The van der Waals surface area contributed by atoms with Crippen molar-refractivity contribution in [3.8, 4) is 0 Å². The van der Waals surface area contributed by atoms with Crippen molar-refractivity contribution in [2.24, 2.45) is 5.73 Å². The molecule has 12 nitrogen and oxygen atoms in total. The molecule has 48 heavy (non-hydrogen) atoms. The zero-order chi connectivity index (χ0) is 36.2. The van der Waals surface area contributed by atoms with E-state index in [9.17, 15) is 28.4 Å². The number of nitrogens with zero attached hydrogens (tertiary/aromatic N) is 3. The van der Waals surface area contributed by atoms with E-state index in [1.54, 1.807) is 39.0 Å². The Kier molecular flexibility index (Phi) is 12.0. The van der Waals surface area contributed by atoms with Crippen molar-refractivity contribution in [2.75, 3.05) is 11.9 Å². The number of hydrogen-bond acceptors (Lipinski definition) is 7. The van der Waals surface area contributed by atoms with Gasteiger partial charge in [-0.3, -0.25) is 24.4 Å². The molecule has 1 heterocycles. The van der Waals surface area contributed by atoms with Gasteiger partial charge in [0.2, 0.25) is 11.8 Å². The monoisotopic (exact) mass is 704 g/mol. The van der Waals surface area contributed by atoms with Gasteiger partial charge in [-0.05, 0) is 82.9 Å². The van der Waals surface area contributed by atoms with Gasteiger partial charge >= 0.3 is 6.09 Å². The lowest BCUT2D eigenvalue weighted by Gasteiger charge is -2.37. The number of fused-ring (bicyclic) bond motifs is 1. The molecule has 0 unspecified atom stereocenters. The van der Waals surface area contributed by atoms with Gasteiger partial charge in [-0.1, -0.05) is 37.6 Å². The summed E-state index contributed by atoms with van der Waals surface area (Å²) in [6.45, 7) is 13.9. The largest absolute Gasteiger partial charge is 0.444 e. The molecular formula is C33H46ClFN6O6Si. The fourth-order valence-corrected chi connectivity index (χ4v) is 5.76. The lowest BCUT2D eigenvalue weighted by Crippen LogP contribution is -2.47. The summed E-state index contributed by atoms with van der Waals surface area (Å²) in [5, 5.41) is 9.45. The molecule has 1 aromatic heterocycles. The van der Waals surface area contributed by atoms with E-state index >= 15 is 0 Å². The highest BCUT2D eigenvalue weighted by molar-refractivity contribution is 6.72. The number of benzene rings is 2. The van der Waals surface area contributed by atoms with E-state index in [-0.39, 0.29) is 41.0 Å². The van der Waals surface area contributed by atoms with E-state index in [1.807, 2.05) is 33.9 Å². The summed E-state index contributed by atoms with van der Waals surface area (Å²) < 4.78 is 21.0. The van der Waals surface area contributed by atoms with Gasteiger partial charge in [0, 0.05) is 29.2 Å². The van der Waals surface area contributed by atoms with E-state index in [0.717, 1.165) is 0 Å². The zero-order valence-corrected chi connectivity index (χ0v) is 30.5. The summed E-state index contributed by atoms with van der Waals surface area (Å²) in [4.78, 5) is 64.0. The van der Waals surface area contributed by atoms with Gasteiger partial charge in [-0.15, -0.1) is 0 Å². The van der Waals surface area contributed by atoms with Crippen molar-refractivity contribution in [3.05, 3.63) is 58.5 Å². The molecule has 0 radical (unpaired) electrons. The van der Waals surface area contributed by atoms with Crippen LogP contribution in [0.1, 0.15) is 70.4 Å². The quantitative estimate of drug-likeness (QED) is 0.169. The van der Waals surface area contributed by atoms with Crippen molar-refractivity contribution in [1.29, 1.82) is 0 Å². The highest BCUT2D eigenvalue weighted by Gasteiger charge is 2.38. The third-order valence-electron chi connectivity index (χ3n) is 8.43. The number of nitrogens with two attached hydrogens (primary N) is 1. The molecule has 0 spiro atoms. The average molecular weight is 705 g/mol. The van der Waals surface area contributed by atoms with Crippen LogP contribution in [0.3, 0.4) is 0 Å². The van der Waals surface area contributed by atoms with Crippen LogP contribution in [0.25, 0.3) is 10.9 Å². The second kappa shape index (κ2) is 15.0. The first-order valence-electron chi connectivity index (χ1n) is 15.6. The van der Waals surface area contributed by atoms with Crippen LogP contribution in [0.4, 0.5) is 14.9 Å². The maximum Gasteiger partial charge on any atom is 0.412 e. The fourth-order valence-electron chi connectivity index (χ4n) is 4.81. The van der Waals surface area contributed by atoms with Gasteiger partial charge in [-0.25, -0.2) is 9.18 Å². The van der Waals surface area contributed by atoms with Gasteiger partial charge in [0.1, 0.15) is 18.0 Å². The number of primary amides is 1. The Balaban J connectivity index is 1.89. The van der Waals surface area contributed by atoms with Crippen molar-refractivity contribution in [1.82, 2.24) is 20.0 Å². The molecular weight excluding hydrogens is 659 g/mol. The Morgan fingerprint density at radius 2 is 1.81 bits per heavy atom. The smallest absolute Gasteiger partial charge is 0.412 e. The van der Waals surface area contributed by atoms with Crippen LogP contribution < -0.4 is 16.4 Å². The molecule has 0 saturated heterocycles. The molecule has 0 bridgehead atoms. The minimum atomic E-state index is -2.55. The molecule has 0 aliphatic heterocycles.